The molecule has 28 heavy (non-hydrogen) atoms. The molecule has 0 aliphatic rings. The Kier molecular flexibility index (Phi) is 8.39. The van der Waals surface area contributed by atoms with Crippen molar-refractivity contribution in [2.24, 2.45) is 12.0 Å². The summed E-state index contributed by atoms with van der Waals surface area (Å²) in [4.78, 5) is 9.09. The van der Waals surface area contributed by atoms with Gasteiger partial charge in [-0.3, -0.25) is 9.89 Å². The predicted molar refractivity (Wildman–Crippen MR) is 117 cm³/mol. The largest absolute Gasteiger partial charge is 0.497 e. The molecule has 1 unspecified atom stereocenters. The maximum atomic E-state index is 5.43. The minimum Gasteiger partial charge on any atom is -0.497 e. The predicted octanol–water partition coefficient (Wildman–Crippen LogP) is 3.12. The summed E-state index contributed by atoms with van der Waals surface area (Å²) in [5.41, 5.74) is 2.50. The second kappa shape index (κ2) is 10.8. The van der Waals surface area contributed by atoms with Crippen LogP contribution in [0.1, 0.15) is 31.1 Å². The number of nitrogens with one attached hydrogen (secondary N) is 1. The fourth-order valence-corrected chi connectivity index (χ4v) is 3.52. The molecule has 0 aliphatic carbocycles. The molecule has 1 N–H and O–H groups in total. The quantitative estimate of drug-likeness (QED) is 0.532. The van der Waals surface area contributed by atoms with E-state index in [1.165, 1.54) is 11.3 Å². The van der Waals surface area contributed by atoms with Gasteiger partial charge in [-0.05, 0) is 42.9 Å². The number of likely N-dealkylation sites (N-methyl/N-ethyl adjacent to an activating group) is 1. The van der Waals surface area contributed by atoms with Crippen LogP contribution in [0.2, 0.25) is 0 Å². The first-order valence-corrected chi connectivity index (χ1v) is 9.93. The molecule has 1 heterocycles. The minimum atomic E-state index is 0.241. The van der Waals surface area contributed by atoms with Crippen molar-refractivity contribution in [3.63, 3.8) is 0 Å². The lowest BCUT2D eigenvalue weighted by molar-refractivity contribution is 0.217. The van der Waals surface area contributed by atoms with E-state index in [4.69, 9.17) is 4.74 Å². The van der Waals surface area contributed by atoms with Crippen LogP contribution < -0.4 is 10.1 Å². The van der Waals surface area contributed by atoms with Crippen molar-refractivity contribution in [2.45, 2.75) is 26.4 Å². The van der Waals surface area contributed by atoms with E-state index in [1.807, 2.05) is 13.1 Å². The summed E-state index contributed by atoms with van der Waals surface area (Å²) in [7, 11) is 7.69. The van der Waals surface area contributed by atoms with Crippen molar-refractivity contribution in [1.82, 2.24) is 19.7 Å². The third-order valence-corrected chi connectivity index (χ3v) is 5.21. The van der Waals surface area contributed by atoms with Gasteiger partial charge < -0.3 is 19.5 Å². The zero-order valence-corrected chi connectivity index (χ0v) is 18.1. The van der Waals surface area contributed by atoms with Gasteiger partial charge in [0.1, 0.15) is 5.75 Å². The number of aromatic nitrogens is 1. The summed E-state index contributed by atoms with van der Waals surface area (Å²) in [6.45, 7) is 7.95. The van der Waals surface area contributed by atoms with Crippen molar-refractivity contribution < 1.29 is 4.74 Å². The molecule has 1 aromatic heterocycles. The number of aryl methyl sites for hydroxylation is 1. The minimum absolute atomic E-state index is 0.241. The summed E-state index contributed by atoms with van der Waals surface area (Å²) in [5.74, 6) is 1.78. The van der Waals surface area contributed by atoms with E-state index < -0.39 is 0 Å². The highest BCUT2D eigenvalue weighted by atomic mass is 16.5. The van der Waals surface area contributed by atoms with Gasteiger partial charge in [0.15, 0.2) is 5.96 Å². The standard InChI is InChI=1S/C22H35N5O/c1-7-27(8-2)21(18-11-9-13-20(15-18)28-6)16-24-22(23-3)26(5)17-19-12-10-14-25(19)4/h9-15,21H,7-8,16-17H2,1-6H3,(H,23,24). The van der Waals surface area contributed by atoms with Gasteiger partial charge in [0, 0.05) is 39.6 Å². The molecular formula is C22H35N5O. The van der Waals surface area contributed by atoms with Crippen LogP contribution in [-0.2, 0) is 13.6 Å². The summed E-state index contributed by atoms with van der Waals surface area (Å²) in [6.07, 6.45) is 2.07. The summed E-state index contributed by atoms with van der Waals surface area (Å²) in [6, 6.07) is 12.8. The molecule has 0 amide bonds. The third kappa shape index (κ3) is 5.52. The highest BCUT2D eigenvalue weighted by molar-refractivity contribution is 5.79. The molecule has 154 valence electrons. The first-order valence-electron chi connectivity index (χ1n) is 9.93. The molecule has 1 aromatic carbocycles. The monoisotopic (exact) mass is 385 g/mol. The number of aliphatic imine (C=N–C) groups is 1. The number of benzene rings is 1. The van der Waals surface area contributed by atoms with Crippen LogP contribution in [0, 0.1) is 0 Å². The molecule has 0 aliphatic heterocycles. The number of ether oxygens (including phenoxy) is 1. The van der Waals surface area contributed by atoms with E-state index in [-0.39, 0.29) is 6.04 Å². The molecule has 2 rings (SSSR count). The van der Waals surface area contributed by atoms with Crippen LogP contribution in [0.25, 0.3) is 0 Å². The van der Waals surface area contributed by atoms with Gasteiger partial charge in [-0.25, -0.2) is 0 Å². The second-order valence-corrected chi connectivity index (χ2v) is 6.91. The van der Waals surface area contributed by atoms with Crippen molar-refractivity contribution in [3.8, 4) is 5.75 Å². The van der Waals surface area contributed by atoms with Gasteiger partial charge in [0.25, 0.3) is 0 Å². The van der Waals surface area contributed by atoms with E-state index in [9.17, 15) is 0 Å². The highest BCUT2D eigenvalue weighted by Gasteiger charge is 2.20. The molecular weight excluding hydrogens is 350 g/mol. The average Bonchev–Trinajstić information content (AvgIpc) is 3.12. The Morgan fingerprint density at radius 1 is 1.21 bits per heavy atom. The Hall–Kier alpha value is -2.47. The van der Waals surface area contributed by atoms with E-state index in [1.54, 1.807) is 7.11 Å². The Morgan fingerprint density at radius 3 is 2.54 bits per heavy atom. The number of hydrogen-bond donors (Lipinski definition) is 1. The van der Waals surface area contributed by atoms with Crippen molar-refractivity contribution in [1.29, 1.82) is 0 Å². The topological polar surface area (TPSA) is 45.0 Å². The molecule has 6 nitrogen and oxygen atoms in total. The zero-order valence-electron chi connectivity index (χ0n) is 18.1. The molecule has 0 saturated heterocycles. The maximum absolute atomic E-state index is 5.43. The van der Waals surface area contributed by atoms with Gasteiger partial charge >= 0.3 is 0 Å². The normalized spacial score (nSPS) is 12.9. The van der Waals surface area contributed by atoms with E-state index in [2.05, 4.69) is 89.1 Å². The van der Waals surface area contributed by atoms with Crippen LogP contribution in [0.15, 0.2) is 47.6 Å². The maximum Gasteiger partial charge on any atom is 0.193 e. The summed E-state index contributed by atoms with van der Waals surface area (Å²) in [5, 5.41) is 3.57. The average molecular weight is 386 g/mol. The molecule has 2 aromatic rings. The third-order valence-electron chi connectivity index (χ3n) is 5.21. The Labute approximate surface area is 169 Å². The van der Waals surface area contributed by atoms with Crippen LogP contribution in [0.5, 0.6) is 5.75 Å². The lowest BCUT2D eigenvalue weighted by Crippen LogP contribution is -2.43. The van der Waals surface area contributed by atoms with Gasteiger partial charge in [-0.1, -0.05) is 26.0 Å². The number of methoxy groups -OCH3 is 1. The van der Waals surface area contributed by atoms with Gasteiger partial charge in [0.05, 0.1) is 19.7 Å². The molecule has 0 bridgehead atoms. The van der Waals surface area contributed by atoms with Crippen molar-refractivity contribution in [3.05, 3.63) is 53.9 Å². The van der Waals surface area contributed by atoms with Crippen LogP contribution in [0.3, 0.4) is 0 Å². The molecule has 0 spiro atoms. The van der Waals surface area contributed by atoms with Gasteiger partial charge in [-0.2, -0.15) is 0 Å². The van der Waals surface area contributed by atoms with Crippen LogP contribution >= 0.6 is 0 Å². The number of guanidine groups is 1. The summed E-state index contributed by atoms with van der Waals surface area (Å²) >= 11 is 0. The lowest BCUT2D eigenvalue weighted by atomic mass is 10.0. The molecule has 1 atom stereocenters. The first-order chi connectivity index (χ1) is 13.5. The fourth-order valence-electron chi connectivity index (χ4n) is 3.52. The second-order valence-electron chi connectivity index (χ2n) is 6.91. The molecule has 6 heteroatoms. The highest BCUT2D eigenvalue weighted by Crippen LogP contribution is 2.24. The number of nitrogens with zero attached hydrogens (tertiary/aromatic N) is 4. The van der Waals surface area contributed by atoms with Gasteiger partial charge in [0.2, 0.25) is 0 Å². The lowest BCUT2D eigenvalue weighted by Gasteiger charge is -2.32. The fraction of sp³-hybridized carbons (Fsp3) is 0.500. The molecule has 0 saturated carbocycles. The van der Waals surface area contributed by atoms with Gasteiger partial charge in [-0.15, -0.1) is 0 Å². The van der Waals surface area contributed by atoms with Crippen LogP contribution in [0.4, 0.5) is 0 Å². The Bertz CT molecular complexity index is 751. The summed E-state index contributed by atoms with van der Waals surface area (Å²) < 4.78 is 7.57. The molecule has 0 radical (unpaired) electrons. The SMILES string of the molecule is CCN(CC)C(CNC(=NC)N(C)Cc1cccn1C)c1cccc(OC)c1. The smallest absolute Gasteiger partial charge is 0.193 e. The Morgan fingerprint density at radius 2 is 1.96 bits per heavy atom. The molecule has 0 fully saturated rings. The number of hydrogen-bond acceptors (Lipinski definition) is 3. The first kappa shape index (κ1) is 21.8. The van der Waals surface area contributed by atoms with E-state index in [0.29, 0.717) is 0 Å². The van der Waals surface area contributed by atoms with Crippen molar-refractivity contribution in [2.75, 3.05) is 40.8 Å². The van der Waals surface area contributed by atoms with E-state index in [0.717, 1.165) is 37.9 Å². The van der Waals surface area contributed by atoms with E-state index >= 15 is 0 Å². The Balaban J connectivity index is 2.13. The number of rotatable bonds is 9. The van der Waals surface area contributed by atoms with Crippen molar-refractivity contribution >= 4 is 5.96 Å². The van der Waals surface area contributed by atoms with Crippen LogP contribution in [-0.4, -0.2) is 61.2 Å². The zero-order chi connectivity index (χ0) is 20.5.